The second-order valence-corrected chi connectivity index (χ2v) is 7.68. The van der Waals surface area contributed by atoms with E-state index >= 15 is 0 Å². The number of nitrogens with zero attached hydrogens (tertiary/aromatic N) is 1. The fourth-order valence-electron chi connectivity index (χ4n) is 3.14. The zero-order chi connectivity index (χ0) is 19.1. The lowest BCUT2D eigenvalue weighted by Gasteiger charge is -2.19. The Morgan fingerprint density at radius 3 is 2.56 bits per heavy atom. The Kier molecular flexibility index (Phi) is 6.98. The molecular weight excluding hydrogens is 364 g/mol. The number of nitrogens with one attached hydrogen (secondary N) is 1. The van der Waals surface area contributed by atoms with Crippen LogP contribution in [0.4, 0.5) is 0 Å². The van der Waals surface area contributed by atoms with Crippen molar-refractivity contribution in [3.63, 3.8) is 0 Å². The van der Waals surface area contributed by atoms with Crippen LogP contribution in [0.1, 0.15) is 39.0 Å². The molecule has 1 unspecified atom stereocenters. The lowest BCUT2D eigenvalue weighted by Crippen LogP contribution is -2.32. The summed E-state index contributed by atoms with van der Waals surface area (Å²) in [5.41, 5.74) is 0.832. The minimum absolute atomic E-state index is 0.288. The van der Waals surface area contributed by atoms with Gasteiger partial charge in [0.1, 0.15) is 17.5 Å². The lowest BCUT2D eigenvalue weighted by atomic mass is 10.1. The standard InChI is InChI=1S/C20H24N2O4S/c23-19(24)17-9-8-16(27-17)14-21-18(15-6-2-1-3-7-15)20(25)26-13-12-22-10-4-5-11-22/h1-3,6-9,18,21H,4-5,10-14H2,(H,23,24). The fourth-order valence-corrected chi connectivity index (χ4v) is 3.94. The molecule has 1 aliphatic heterocycles. The van der Waals surface area contributed by atoms with Crippen LogP contribution in [-0.2, 0) is 16.1 Å². The molecule has 1 fully saturated rings. The highest BCUT2D eigenvalue weighted by Crippen LogP contribution is 2.20. The topological polar surface area (TPSA) is 78.9 Å². The molecule has 0 saturated carbocycles. The number of likely N-dealkylation sites (tertiary alicyclic amines) is 1. The van der Waals surface area contributed by atoms with Gasteiger partial charge in [-0.3, -0.25) is 10.2 Å². The molecule has 0 bridgehead atoms. The minimum Gasteiger partial charge on any atom is -0.477 e. The van der Waals surface area contributed by atoms with Gasteiger partial charge in [0.25, 0.3) is 0 Å². The number of carbonyl (C=O) groups excluding carboxylic acids is 1. The number of benzene rings is 1. The van der Waals surface area contributed by atoms with E-state index in [1.165, 1.54) is 24.2 Å². The van der Waals surface area contributed by atoms with Gasteiger partial charge in [-0.1, -0.05) is 30.3 Å². The summed E-state index contributed by atoms with van der Waals surface area (Å²) in [5.74, 6) is -1.25. The first-order valence-electron chi connectivity index (χ1n) is 9.13. The quantitative estimate of drug-likeness (QED) is 0.643. The van der Waals surface area contributed by atoms with E-state index in [1.54, 1.807) is 12.1 Å². The van der Waals surface area contributed by atoms with Gasteiger partial charge in [0, 0.05) is 18.0 Å². The van der Waals surface area contributed by atoms with Crippen LogP contribution in [0.25, 0.3) is 0 Å². The maximum Gasteiger partial charge on any atom is 0.345 e. The van der Waals surface area contributed by atoms with Crippen LogP contribution < -0.4 is 5.32 Å². The number of rotatable bonds is 9. The molecule has 1 saturated heterocycles. The van der Waals surface area contributed by atoms with Crippen molar-refractivity contribution in [1.82, 2.24) is 10.2 Å². The van der Waals surface area contributed by atoms with Crippen molar-refractivity contribution in [1.29, 1.82) is 0 Å². The van der Waals surface area contributed by atoms with Crippen molar-refractivity contribution in [3.05, 3.63) is 57.8 Å². The molecule has 1 aromatic carbocycles. The normalized spacial score (nSPS) is 15.6. The van der Waals surface area contributed by atoms with Gasteiger partial charge in [-0.15, -0.1) is 11.3 Å². The van der Waals surface area contributed by atoms with Gasteiger partial charge in [-0.2, -0.15) is 0 Å². The average Bonchev–Trinajstić information content (AvgIpc) is 3.35. The molecule has 3 rings (SSSR count). The highest BCUT2D eigenvalue weighted by molar-refractivity contribution is 7.13. The van der Waals surface area contributed by atoms with Crippen LogP contribution in [0.5, 0.6) is 0 Å². The van der Waals surface area contributed by atoms with Gasteiger partial charge >= 0.3 is 11.9 Å². The molecule has 0 spiro atoms. The van der Waals surface area contributed by atoms with Crippen LogP contribution in [0.2, 0.25) is 0 Å². The van der Waals surface area contributed by atoms with E-state index in [9.17, 15) is 9.59 Å². The van der Waals surface area contributed by atoms with E-state index in [0.29, 0.717) is 13.2 Å². The third-order valence-corrected chi connectivity index (χ3v) is 5.65. The lowest BCUT2D eigenvalue weighted by molar-refractivity contribution is -0.146. The molecule has 144 valence electrons. The van der Waals surface area contributed by atoms with E-state index in [-0.39, 0.29) is 10.8 Å². The molecular formula is C20H24N2O4S. The summed E-state index contributed by atoms with van der Waals surface area (Å²) in [6.45, 7) is 3.69. The molecule has 0 radical (unpaired) electrons. The number of carboxylic acids is 1. The predicted octanol–water partition coefficient (Wildman–Crippen LogP) is 2.92. The van der Waals surface area contributed by atoms with Gasteiger partial charge in [0.15, 0.2) is 0 Å². The summed E-state index contributed by atoms with van der Waals surface area (Å²) in [7, 11) is 0. The SMILES string of the molecule is O=C(O)c1ccc(CNC(C(=O)OCCN2CCCC2)c2ccccc2)s1. The first kappa shape index (κ1) is 19.5. The number of carbonyl (C=O) groups is 2. The summed E-state index contributed by atoms with van der Waals surface area (Å²) in [6, 6.07) is 12.2. The van der Waals surface area contributed by atoms with Crippen LogP contribution >= 0.6 is 11.3 Å². The predicted molar refractivity (Wildman–Crippen MR) is 104 cm³/mol. The summed E-state index contributed by atoms with van der Waals surface area (Å²) >= 11 is 1.20. The van der Waals surface area contributed by atoms with E-state index in [1.807, 2.05) is 30.3 Å². The van der Waals surface area contributed by atoms with Crippen molar-refractivity contribution in [2.75, 3.05) is 26.2 Å². The van der Waals surface area contributed by atoms with Gasteiger partial charge < -0.3 is 9.84 Å². The van der Waals surface area contributed by atoms with Crippen LogP contribution in [0.3, 0.4) is 0 Å². The summed E-state index contributed by atoms with van der Waals surface area (Å²) in [6.07, 6.45) is 2.42. The first-order valence-corrected chi connectivity index (χ1v) is 9.94. The number of thiophene rings is 1. The molecule has 0 amide bonds. The largest absolute Gasteiger partial charge is 0.477 e. The zero-order valence-corrected chi connectivity index (χ0v) is 15.9. The highest BCUT2D eigenvalue weighted by Gasteiger charge is 2.22. The number of esters is 1. The second kappa shape index (κ2) is 9.64. The van der Waals surface area contributed by atoms with Crippen LogP contribution in [0, 0.1) is 0 Å². The Morgan fingerprint density at radius 2 is 1.89 bits per heavy atom. The first-order chi connectivity index (χ1) is 13.1. The third kappa shape index (κ3) is 5.63. The fraction of sp³-hybridized carbons (Fsp3) is 0.400. The van der Waals surface area contributed by atoms with E-state index in [4.69, 9.17) is 9.84 Å². The number of hydrogen-bond donors (Lipinski definition) is 2. The highest BCUT2D eigenvalue weighted by atomic mass is 32.1. The minimum atomic E-state index is -0.938. The number of aromatic carboxylic acids is 1. The Hall–Kier alpha value is -2.22. The molecule has 0 aliphatic carbocycles. The summed E-state index contributed by atoms with van der Waals surface area (Å²) in [4.78, 5) is 27.1. The molecule has 2 aromatic rings. The molecule has 1 aliphatic rings. The van der Waals surface area contributed by atoms with Gasteiger partial charge in [0.05, 0.1) is 0 Å². The van der Waals surface area contributed by atoms with Gasteiger partial charge in [-0.25, -0.2) is 9.59 Å². The number of hydrogen-bond acceptors (Lipinski definition) is 6. The maximum absolute atomic E-state index is 12.7. The molecule has 2 N–H and O–H groups in total. The molecule has 1 aromatic heterocycles. The summed E-state index contributed by atoms with van der Waals surface area (Å²) in [5, 5.41) is 12.3. The Labute approximate surface area is 162 Å². The van der Waals surface area contributed by atoms with Crippen LogP contribution in [-0.4, -0.2) is 48.2 Å². The van der Waals surface area contributed by atoms with Gasteiger partial charge in [-0.05, 0) is 43.6 Å². The molecule has 1 atom stereocenters. The van der Waals surface area contributed by atoms with E-state index in [2.05, 4.69) is 10.2 Å². The monoisotopic (exact) mass is 388 g/mol. The summed E-state index contributed by atoms with van der Waals surface area (Å²) < 4.78 is 5.52. The van der Waals surface area contributed by atoms with Crippen molar-refractivity contribution >= 4 is 23.3 Å². The van der Waals surface area contributed by atoms with E-state index in [0.717, 1.165) is 30.1 Å². The Morgan fingerprint density at radius 1 is 1.15 bits per heavy atom. The van der Waals surface area contributed by atoms with Gasteiger partial charge in [0.2, 0.25) is 0 Å². The molecule has 7 heteroatoms. The second-order valence-electron chi connectivity index (χ2n) is 6.51. The number of carboxylic acid groups (broad SMARTS) is 1. The molecule has 27 heavy (non-hydrogen) atoms. The third-order valence-electron chi connectivity index (χ3n) is 4.57. The van der Waals surface area contributed by atoms with Crippen molar-refractivity contribution in [3.8, 4) is 0 Å². The molecule has 6 nitrogen and oxygen atoms in total. The smallest absolute Gasteiger partial charge is 0.345 e. The Balaban J connectivity index is 1.59. The number of ether oxygens (including phenoxy) is 1. The average molecular weight is 388 g/mol. The van der Waals surface area contributed by atoms with Crippen LogP contribution in [0.15, 0.2) is 42.5 Å². The molecule has 2 heterocycles. The van der Waals surface area contributed by atoms with E-state index < -0.39 is 12.0 Å². The van der Waals surface area contributed by atoms with Crippen molar-refractivity contribution < 1.29 is 19.4 Å². The van der Waals surface area contributed by atoms with Crippen molar-refractivity contribution in [2.24, 2.45) is 0 Å². The zero-order valence-electron chi connectivity index (χ0n) is 15.1. The maximum atomic E-state index is 12.7. The van der Waals surface area contributed by atoms with Crippen molar-refractivity contribution in [2.45, 2.75) is 25.4 Å². The Bertz CT molecular complexity index is 756.